The van der Waals surface area contributed by atoms with Gasteiger partial charge in [-0.25, -0.2) is 4.98 Å². The van der Waals surface area contributed by atoms with Crippen molar-refractivity contribution in [1.29, 1.82) is 0 Å². The van der Waals surface area contributed by atoms with Gasteiger partial charge < -0.3 is 20.9 Å². The number of aryl methyl sites for hydroxylation is 2. The lowest BCUT2D eigenvalue weighted by Gasteiger charge is -2.23. The van der Waals surface area contributed by atoms with Crippen molar-refractivity contribution < 1.29 is 0 Å². The van der Waals surface area contributed by atoms with Crippen molar-refractivity contribution >= 4 is 11.0 Å². The molecule has 6 nitrogen and oxygen atoms in total. The third-order valence-corrected chi connectivity index (χ3v) is 6.43. The first kappa shape index (κ1) is 21.9. The van der Waals surface area contributed by atoms with Crippen LogP contribution < -0.4 is 16.0 Å². The Balaban J connectivity index is 0.000000166. The van der Waals surface area contributed by atoms with E-state index in [1.165, 1.54) is 62.0 Å². The van der Waals surface area contributed by atoms with E-state index >= 15 is 0 Å². The summed E-state index contributed by atoms with van der Waals surface area (Å²) in [4.78, 5) is 12.1. The molecule has 1 saturated heterocycles. The summed E-state index contributed by atoms with van der Waals surface area (Å²) in [5.41, 5.74) is 6.19. The van der Waals surface area contributed by atoms with Crippen molar-refractivity contribution in [2.75, 3.05) is 26.7 Å². The predicted octanol–water partition coefficient (Wildman–Crippen LogP) is 3.64. The van der Waals surface area contributed by atoms with E-state index in [-0.39, 0.29) is 0 Å². The molecule has 31 heavy (non-hydrogen) atoms. The number of pyridine rings is 1. The molecular formula is C25H36N6. The molecule has 4 N–H and O–H groups in total. The number of aromatic nitrogens is 3. The lowest BCUT2D eigenvalue weighted by atomic mass is 9.92. The Morgan fingerprint density at radius 1 is 1.13 bits per heavy atom. The summed E-state index contributed by atoms with van der Waals surface area (Å²) < 4.78 is 0. The summed E-state index contributed by atoms with van der Waals surface area (Å²) in [6.45, 7) is 6.41. The lowest BCUT2D eigenvalue weighted by molar-refractivity contribution is 0.356. The lowest BCUT2D eigenvalue weighted by Crippen LogP contribution is -2.33. The fourth-order valence-electron chi connectivity index (χ4n) is 4.69. The molecule has 3 heterocycles. The number of fused-ring (bicyclic) bond motifs is 2. The first-order valence-corrected chi connectivity index (χ1v) is 11.7. The average Bonchev–Trinajstić information content (AvgIpc) is 3.19. The number of H-pyrrole nitrogens is 1. The van der Waals surface area contributed by atoms with Gasteiger partial charge in [0.05, 0.1) is 16.7 Å². The Kier molecular flexibility index (Phi) is 7.67. The zero-order chi connectivity index (χ0) is 21.5. The summed E-state index contributed by atoms with van der Waals surface area (Å²) in [5.74, 6) is 1.81. The molecule has 0 saturated carbocycles. The van der Waals surface area contributed by atoms with Crippen LogP contribution in [0.1, 0.15) is 54.4 Å². The second kappa shape index (κ2) is 10.8. The molecule has 0 radical (unpaired) electrons. The van der Waals surface area contributed by atoms with Crippen LogP contribution in [0.4, 0.5) is 0 Å². The molecule has 1 aromatic carbocycles. The van der Waals surface area contributed by atoms with Gasteiger partial charge >= 0.3 is 0 Å². The number of rotatable bonds is 5. The summed E-state index contributed by atoms with van der Waals surface area (Å²) in [6.07, 6.45) is 8.18. The first-order valence-electron chi connectivity index (χ1n) is 11.7. The first-order chi connectivity index (χ1) is 15.2. The Bertz CT molecular complexity index is 960. The van der Waals surface area contributed by atoms with Crippen molar-refractivity contribution in [1.82, 2.24) is 30.9 Å². The van der Waals surface area contributed by atoms with Crippen LogP contribution in [0.3, 0.4) is 0 Å². The van der Waals surface area contributed by atoms with Gasteiger partial charge in [-0.2, -0.15) is 0 Å². The van der Waals surface area contributed by atoms with E-state index < -0.39 is 0 Å². The van der Waals surface area contributed by atoms with Gasteiger partial charge in [-0.05, 0) is 101 Å². The van der Waals surface area contributed by atoms with Crippen LogP contribution in [0, 0.1) is 12.8 Å². The molecule has 1 atom stereocenters. The summed E-state index contributed by atoms with van der Waals surface area (Å²) in [7, 11) is 2.01. The summed E-state index contributed by atoms with van der Waals surface area (Å²) in [5, 5.41) is 10.3. The number of aromatic amines is 1. The molecule has 2 aromatic heterocycles. The van der Waals surface area contributed by atoms with Crippen LogP contribution in [0.5, 0.6) is 0 Å². The Labute approximate surface area is 185 Å². The standard InChI is InChI=1S/C15H22N4.C10H14N2/c1-11-18-14-3-2-13(8-15(14)19-11)10-17-9-12-4-6-16-7-5-12;1-11-9-6-2-4-8-5-3-7-12-10(8)9/h2-3,8,12,16-17H,4-7,9-10H2,1H3,(H,18,19);3,5,7,9,11H,2,4,6H2,1H3. The summed E-state index contributed by atoms with van der Waals surface area (Å²) >= 11 is 0. The van der Waals surface area contributed by atoms with Gasteiger partial charge in [0.1, 0.15) is 5.82 Å². The van der Waals surface area contributed by atoms with E-state index in [1.807, 2.05) is 26.2 Å². The van der Waals surface area contributed by atoms with Gasteiger partial charge in [0.2, 0.25) is 0 Å². The second-order valence-corrected chi connectivity index (χ2v) is 8.78. The fourth-order valence-corrected chi connectivity index (χ4v) is 4.69. The molecule has 3 aromatic rings. The maximum Gasteiger partial charge on any atom is 0.104 e. The Morgan fingerprint density at radius 3 is 2.84 bits per heavy atom. The van der Waals surface area contributed by atoms with E-state index in [2.05, 4.69) is 55.2 Å². The number of piperidine rings is 1. The van der Waals surface area contributed by atoms with Gasteiger partial charge in [-0.15, -0.1) is 0 Å². The van der Waals surface area contributed by atoms with Crippen LogP contribution in [0.15, 0.2) is 36.5 Å². The molecule has 6 heteroatoms. The van der Waals surface area contributed by atoms with E-state index in [1.54, 1.807) is 0 Å². The van der Waals surface area contributed by atoms with Crippen LogP contribution in [-0.2, 0) is 13.0 Å². The van der Waals surface area contributed by atoms with E-state index in [0.29, 0.717) is 6.04 Å². The molecule has 2 aliphatic rings. The van der Waals surface area contributed by atoms with Gasteiger partial charge in [0.15, 0.2) is 0 Å². The molecule has 0 spiro atoms. The molecule has 1 fully saturated rings. The van der Waals surface area contributed by atoms with E-state index in [0.717, 1.165) is 35.9 Å². The summed E-state index contributed by atoms with van der Waals surface area (Å²) in [6, 6.07) is 11.2. The zero-order valence-corrected chi connectivity index (χ0v) is 18.9. The third-order valence-electron chi connectivity index (χ3n) is 6.43. The second-order valence-electron chi connectivity index (χ2n) is 8.78. The molecule has 1 unspecified atom stereocenters. The van der Waals surface area contributed by atoms with E-state index in [4.69, 9.17) is 0 Å². The maximum atomic E-state index is 4.43. The number of imidazole rings is 1. The minimum Gasteiger partial charge on any atom is -0.342 e. The predicted molar refractivity (Wildman–Crippen MR) is 127 cm³/mol. The van der Waals surface area contributed by atoms with Crippen molar-refractivity contribution in [3.8, 4) is 0 Å². The average molecular weight is 421 g/mol. The number of nitrogens with zero attached hydrogens (tertiary/aromatic N) is 2. The van der Waals surface area contributed by atoms with Crippen molar-refractivity contribution in [3.63, 3.8) is 0 Å². The van der Waals surface area contributed by atoms with E-state index in [9.17, 15) is 0 Å². The van der Waals surface area contributed by atoms with Crippen LogP contribution in [0.2, 0.25) is 0 Å². The zero-order valence-electron chi connectivity index (χ0n) is 18.9. The Hall–Kier alpha value is -2.28. The topological polar surface area (TPSA) is 77.7 Å². The van der Waals surface area contributed by atoms with Gasteiger partial charge in [0, 0.05) is 18.8 Å². The van der Waals surface area contributed by atoms with Crippen LogP contribution in [0.25, 0.3) is 11.0 Å². The highest BCUT2D eigenvalue weighted by atomic mass is 14.9. The number of hydrogen-bond donors (Lipinski definition) is 4. The number of benzene rings is 1. The largest absolute Gasteiger partial charge is 0.342 e. The van der Waals surface area contributed by atoms with Crippen LogP contribution >= 0.6 is 0 Å². The third kappa shape index (κ3) is 5.91. The molecule has 0 bridgehead atoms. The molecule has 1 aliphatic carbocycles. The number of hydrogen-bond acceptors (Lipinski definition) is 5. The molecular weight excluding hydrogens is 384 g/mol. The highest BCUT2D eigenvalue weighted by Gasteiger charge is 2.18. The van der Waals surface area contributed by atoms with Crippen molar-refractivity contribution in [2.24, 2.45) is 5.92 Å². The minimum absolute atomic E-state index is 0.481. The molecule has 0 amide bonds. The quantitative estimate of drug-likeness (QED) is 0.507. The normalized spacial score (nSPS) is 19.0. The SMILES string of the molecule is CNC1CCCc2cccnc21.Cc1nc2ccc(CNCC3CCNCC3)cc2[nH]1. The molecule has 1 aliphatic heterocycles. The highest BCUT2D eigenvalue weighted by Crippen LogP contribution is 2.26. The monoisotopic (exact) mass is 420 g/mol. The maximum absolute atomic E-state index is 4.43. The number of nitrogens with one attached hydrogen (secondary N) is 4. The van der Waals surface area contributed by atoms with Crippen LogP contribution in [-0.4, -0.2) is 41.6 Å². The molecule has 5 rings (SSSR count). The van der Waals surface area contributed by atoms with Gasteiger partial charge in [0.25, 0.3) is 0 Å². The smallest absolute Gasteiger partial charge is 0.104 e. The van der Waals surface area contributed by atoms with Crippen molar-refractivity contribution in [2.45, 2.75) is 51.6 Å². The van der Waals surface area contributed by atoms with Gasteiger partial charge in [-0.3, -0.25) is 4.98 Å². The highest BCUT2D eigenvalue weighted by molar-refractivity contribution is 5.75. The minimum atomic E-state index is 0.481. The molecule has 166 valence electrons. The fraction of sp³-hybridized carbons (Fsp3) is 0.520. The van der Waals surface area contributed by atoms with Crippen molar-refractivity contribution in [3.05, 3.63) is 59.2 Å². The Morgan fingerprint density at radius 2 is 2.00 bits per heavy atom. The van der Waals surface area contributed by atoms with Gasteiger partial charge in [-0.1, -0.05) is 12.1 Å².